The van der Waals surface area contributed by atoms with E-state index in [1.165, 1.54) is 29.9 Å². The fourth-order valence-corrected chi connectivity index (χ4v) is 3.81. The SMILES string of the molecule is CC(=O)c1ccn(C(=O)N2CCN(Cc3cccc(Oc4ccc(F)cc4)c3)C[C@@H]2C)n1. The molecule has 0 aliphatic carbocycles. The van der Waals surface area contributed by atoms with Gasteiger partial charge < -0.3 is 9.64 Å². The molecule has 1 aromatic heterocycles. The highest BCUT2D eigenvalue weighted by Crippen LogP contribution is 2.23. The molecule has 1 aliphatic rings. The maximum absolute atomic E-state index is 13.1. The molecule has 0 saturated carbocycles. The van der Waals surface area contributed by atoms with Crippen molar-refractivity contribution < 1.29 is 18.7 Å². The summed E-state index contributed by atoms with van der Waals surface area (Å²) in [5.41, 5.74) is 1.38. The van der Waals surface area contributed by atoms with Gasteiger partial charge in [-0.05, 0) is 55.0 Å². The summed E-state index contributed by atoms with van der Waals surface area (Å²) in [6.45, 7) is 6.17. The summed E-state index contributed by atoms with van der Waals surface area (Å²) in [6, 6.07) is 15.1. The van der Waals surface area contributed by atoms with E-state index in [1.54, 1.807) is 23.1 Å². The van der Waals surface area contributed by atoms with E-state index in [-0.39, 0.29) is 29.4 Å². The van der Waals surface area contributed by atoms with Gasteiger partial charge in [0.2, 0.25) is 0 Å². The summed E-state index contributed by atoms with van der Waals surface area (Å²) in [6.07, 6.45) is 1.53. The van der Waals surface area contributed by atoms with Crippen LogP contribution >= 0.6 is 0 Å². The molecule has 0 radical (unpaired) electrons. The first-order valence-electron chi connectivity index (χ1n) is 10.5. The van der Waals surface area contributed by atoms with E-state index in [0.717, 1.165) is 25.2 Å². The van der Waals surface area contributed by atoms with Crippen molar-refractivity contribution in [3.05, 3.63) is 77.9 Å². The molecule has 0 unspecified atom stereocenters. The van der Waals surface area contributed by atoms with E-state index in [0.29, 0.717) is 18.0 Å². The molecular weight excluding hydrogens is 411 g/mol. The molecule has 3 aromatic rings. The molecule has 1 atom stereocenters. The molecule has 0 bridgehead atoms. The Morgan fingerprint density at radius 2 is 1.88 bits per heavy atom. The van der Waals surface area contributed by atoms with Gasteiger partial charge in [0.15, 0.2) is 5.78 Å². The number of ether oxygens (including phenoxy) is 1. The third kappa shape index (κ3) is 5.03. The Balaban J connectivity index is 1.36. The van der Waals surface area contributed by atoms with Crippen LogP contribution in [0.3, 0.4) is 0 Å². The number of hydrogen-bond donors (Lipinski definition) is 0. The highest BCUT2D eigenvalue weighted by Gasteiger charge is 2.29. The molecule has 1 aliphatic heterocycles. The number of halogens is 1. The molecule has 1 fully saturated rings. The van der Waals surface area contributed by atoms with Gasteiger partial charge in [-0.2, -0.15) is 9.78 Å². The van der Waals surface area contributed by atoms with Crippen molar-refractivity contribution in [2.45, 2.75) is 26.4 Å². The first-order valence-corrected chi connectivity index (χ1v) is 10.5. The number of aromatic nitrogens is 2. The van der Waals surface area contributed by atoms with Crippen molar-refractivity contribution >= 4 is 11.8 Å². The predicted molar refractivity (Wildman–Crippen MR) is 117 cm³/mol. The monoisotopic (exact) mass is 436 g/mol. The Bertz CT molecular complexity index is 1110. The Morgan fingerprint density at radius 3 is 2.56 bits per heavy atom. The Kier molecular flexibility index (Phi) is 6.32. The molecule has 7 nitrogen and oxygen atoms in total. The molecule has 0 N–H and O–H groups in total. The van der Waals surface area contributed by atoms with Crippen LogP contribution in [0.4, 0.5) is 9.18 Å². The van der Waals surface area contributed by atoms with Crippen molar-refractivity contribution in [3.63, 3.8) is 0 Å². The van der Waals surface area contributed by atoms with Crippen LogP contribution < -0.4 is 4.74 Å². The maximum Gasteiger partial charge on any atom is 0.344 e. The van der Waals surface area contributed by atoms with Gasteiger partial charge in [0.1, 0.15) is 23.0 Å². The number of benzene rings is 2. The second-order valence-corrected chi connectivity index (χ2v) is 7.97. The topological polar surface area (TPSA) is 67.7 Å². The zero-order chi connectivity index (χ0) is 22.7. The molecule has 0 spiro atoms. The normalized spacial score (nSPS) is 16.7. The smallest absolute Gasteiger partial charge is 0.344 e. The van der Waals surface area contributed by atoms with Gasteiger partial charge in [-0.15, -0.1) is 0 Å². The molecule has 2 heterocycles. The van der Waals surface area contributed by atoms with Crippen LogP contribution in [0.1, 0.15) is 29.9 Å². The van der Waals surface area contributed by atoms with E-state index in [4.69, 9.17) is 4.74 Å². The van der Waals surface area contributed by atoms with Crippen LogP contribution in [0.15, 0.2) is 60.8 Å². The lowest BCUT2D eigenvalue weighted by atomic mass is 10.1. The van der Waals surface area contributed by atoms with Gasteiger partial charge in [0.05, 0.1) is 0 Å². The number of carbonyl (C=O) groups excluding carboxylic acids is 2. The standard InChI is InChI=1S/C24H25FN4O3/c1-17-15-27(12-13-28(17)24(31)29-11-10-23(26-29)18(2)30)16-19-4-3-5-22(14-19)32-21-8-6-20(25)7-9-21/h3-11,14,17H,12-13,15-16H2,1-2H3/t17-/m0/s1. The third-order valence-electron chi connectivity index (χ3n) is 5.46. The van der Waals surface area contributed by atoms with Crippen molar-refractivity contribution in [2.24, 2.45) is 0 Å². The number of nitrogens with zero attached hydrogens (tertiary/aromatic N) is 4. The van der Waals surface area contributed by atoms with Crippen LogP contribution in [0.25, 0.3) is 0 Å². The average molecular weight is 436 g/mol. The Labute approximate surface area is 186 Å². The molecule has 166 valence electrons. The van der Waals surface area contributed by atoms with E-state index < -0.39 is 0 Å². The lowest BCUT2D eigenvalue weighted by Gasteiger charge is -2.39. The highest BCUT2D eigenvalue weighted by atomic mass is 19.1. The van der Waals surface area contributed by atoms with Crippen molar-refractivity contribution in [1.29, 1.82) is 0 Å². The van der Waals surface area contributed by atoms with Gasteiger partial charge in [0.25, 0.3) is 0 Å². The summed E-state index contributed by atoms with van der Waals surface area (Å²) < 4.78 is 20.1. The lowest BCUT2D eigenvalue weighted by molar-refractivity contribution is 0.0964. The Morgan fingerprint density at radius 1 is 1.09 bits per heavy atom. The first-order chi connectivity index (χ1) is 15.4. The second kappa shape index (κ2) is 9.32. The molecule has 4 rings (SSSR count). The zero-order valence-corrected chi connectivity index (χ0v) is 18.1. The molecule has 1 amide bonds. The average Bonchev–Trinajstić information content (AvgIpc) is 3.26. The van der Waals surface area contributed by atoms with Gasteiger partial charge in [-0.3, -0.25) is 9.69 Å². The number of rotatable bonds is 5. The summed E-state index contributed by atoms with van der Waals surface area (Å²) in [4.78, 5) is 28.3. The first kappa shape index (κ1) is 21.7. The number of carbonyl (C=O) groups is 2. The van der Waals surface area contributed by atoms with E-state index in [1.807, 2.05) is 31.2 Å². The second-order valence-electron chi connectivity index (χ2n) is 7.97. The van der Waals surface area contributed by atoms with Crippen LogP contribution in [-0.2, 0) is 6.54 Å². The molecule has 8 heteroatoms. The van der Waals surface area contributed by atoms with E-state index in [9.17, 15) is 14.0 Å². The van der Waals surface area contributed by atoms with Crippen LogP contribution in [0.2, 0.25) is 0 Å². The molecule has 2 aromatic carbocycles. The van der Waals surface area contributed by atoms with Crippen molar-refractivity contribution in [3.8, 4) is 11.5 Å². The quantitative estimate of drug-likeness (QED) is 0.561. The summed E-state index contributed by atoms with van der Waals surface area (Å²) in [5, 5.41) is 4.08. The number of ketones is 1. The summed E-state index contributed by atoms with van der Waals surface area (Å²) in [7, 11) is 0. The number of Topliss-reactive ketones (excluding diaryl/α,β-unsaturated/α-hetero) is 1. The van der Waals surface area contributed by atoms with Crippen molar-refractivity contribution in [2.75, 3.05) is 19.6 Å². The summed E-state index contributed by atoms with van der Waals surface area (Å²) in [5.74, 6) is 0.802. The highest BCUT2D eigenvalue weighted by molar-refractivity contribution is 5.92. The van der Waals surface area contributed by atoms with Gasteiger partial charge >= 0.3 is 6.03 Å². The van der Waals surface area contributed by atoms with Gasteiger partial charge in [0, 0.05) is 45.3 Å². The Hall–Kier alpha value is -3.52. The fraction of sp³-hybridized carbons (Fsp3) is 0.292. The third-order valence-corrected chi connectivity index (χ3v) is 5.46. The molecule has 1 saturated heterocycles. The minimum absolute atomic E-state index is 0.000115. The van der Waals surface area contributed by atoms with Crippen molar-refractivity contribution in [1.82, 2.24) is 19.6 Å². The minimum Gasteiger partial charge on any atom is -0.457 e. The van der Waals surface area contributed by atoms with E-state index >= 15 is 0 Å². The fourth-order valence-electron chi connectivity index (χ4n) is 3.81. The van der Waals surface area contributed by atoms with E-state index in [2.05, 4.69) is 10.00 Å². The minimum atomic E-state index is -0.301. The van der Waals surface area contributed by atoms with Crippen LogP contribution in [0.5, 0.6) is 11.5 Å². The van der Waals surface area contributed by atoms with Gasteiger partial charge in [-0.1, -0.05) is 12.1 Å². The zero-order valence-electron chi connectivity index (χ0n) is 18.1. The lowest BCUT2D eigenvalue weighted by Crippen LogP contribution is -2.54. The number of amides is 1. The molecular formula is C24H25FN4O3. The van der Waals surface area contributed by atoms with Crippen LogP contribution in [-0.4, -0.2) is 57.1 Å². The maximum atomic E-state index is 13.1. The number of hydrogen-bond acceptors (Lipinski definition) is 5. The van der Waals surface area contributed by atoms with Crippen LogP contribution in [0, 0.1) is 5.82 Å². The predicted octanol–water partition coefficient (Wildman–Crippen LogP) is 4.19. The number of piperazine rings is 1. The van der Waals surface area contributed by atoms with Gasteiger partial charge in [-0.25, -0.2) is 9.18 Å². The summed E-state index contributed by atoms with van der Waals surface area (Å²) >= 11 is 0. The largest absolute Gasteiger partial charge is 0.457 e. The molecule has 32 heavy (non-hydrogen) atoms.